The first-order chi connectivity index (χ1) is 8.10. The number of nitrogens with zero attached hydrogens (tertiary/aromatic N) is 1. The molecule has 0 fully saturated rings. The zero-order valence-electron chi connectivity index (χ0n) is 9.50. The van der Waals surface area contributed by atoms with Gasteiger partial charge in [-0.05, 0) is 24.5 Å². The molecule has 0 aliphatic heterocycles. The number of aliphatic hydroxyl groups is 1. The lowest BCUT2D eigenvalue weighted by molar-refractivity contribution is 0.266. The molecule has 92 valence electrons. The van der Waals surface area contributed by atoms with Crippen LogP contribution >= 0.6 is 0 Å². The first-order valence-electron chi connectivity index (χ1n) is 5.33. The quantitative estimate of drug-likeness (QED) is 0.830. The summed E-state index contributed by atoms with van der Waals surface area (Å²) in [6.45, 7) is 2.39. The molecule has 0 aromatic heterocycles. The maximum Gasteiger partial charge on any atom is 0.183 e. The standard InChI is InChI=1S/C12H14F2N2O/c1-8(4-5-17)7-16-10-3-2-9(6-15)11(13)12(10)14/h2-3,8,16-17H,4-5,7H2,1H3. The molecule has 0 amide bonds. The SMILES string of the molecule is CC(CCO)CNc1ccc(C#N)c(F)c1F. The van der Waals surface area contributed by atoms with Gasteiger partial charge in [-0.25, -0.2) is 8.78 Å². The maximum absolute atomic E-state index is 13.4. The molecule has 1 aromatic rings. The average Bonchev–Trinajstić information content (AvgIpc) is 2.31. The maximum atomic E-state index is 13.4. The van der Waals surface area contributed by atoms with Crippen molar-refractivity contribution in [2.45, 2.75) is 13.3 Å². The van der Waals surface area contributed by atoms with Crippen LogP contribution in [0.15, 0.2) is 12.1 Å². The highest BCUT2D eigenvalue weighted by Gasteiger charge is 2.13. The lowest BCUT2D eigenvalue weighted by Gasteiger charge is -2.13. The van der Waals surface area contributed by atoms with Crippen molar-refractivity contribution in [2.24, 2.45) is 5.92 Å². The van der Waals surface area contributed by atoms with Crippen LogP contribution in [0.25, 0.3) is 0 Å². The van der Waals surface area contributed by atoms with Crippen molar-refractivity contribution in [3.63, 3.8) is 0 Å². The lowest BCUT2D eigenvalue weighted by Crippen LogP contribution is -2.14. The van der Waals surface area contributed by atoms with Crippen molar-refractivity contribution in [3.8, 4) is 6.07 Å². The van der Waals surface area contributed by atoms with Gasteiger partial charge >= 0.3 is 0 Å². The van der Waals surface area contributed by atoms with Gasteiger partial charge in [0.15, 0.2) is 11.6 Å². The van der Waals surface area contributed by atoms with Gasteiger partial charge in [-0.15, -0.1) is 0 Å². The van der Waals surface area contributed by atoms with Crippen LogP contribution in [0.2, 0.25) is 0 Å². The topological polar surface area (TPSA) is 56.0 Å². The zero-order valence-corrected chi connectivity index (χ0v) is 9.50. The molecular weight excluding hydrogens is 226 g/mol. The highest BCUT2D eigenvalue weighted by atomic mass is 19.2. The number of anilines is 1. The second-order valence-electron chi connectivity index (χ2n) is 3.90. The molecule has 0 heterocycles. The third-order valence-electron chi connectivity index (χ3n) is 2.47. The van der Waals surface area contributed by atoms with Crippen molar-refractivity contribution in [1.82, 2.24) is 0 Å². The van der Waals surface area contributed by atoms with E-state index in [0.29, 0.717) is 13.0 Å². The third-order valence-corrected chi connectivity index (χ3v) is 2.47. The molecule has 0 aliphatic carbocycles. The normalized spacial score (nSPS) is 11.9. The first kappa shape index (κ1) is 13.4. The smallest absolute Gasteiger partial charge is 0.183 e. The van der Waals surface area contributed by atoms with Crippen LogP contribution in [-0.4, -0.2) is 18.3 Å². The molecule has 3 nitrogen and oxygen atoms in total. The predicted octanol–water partition coefficient (Wildman–Crippen LogP) is 2.27. The van der Waals surface area contributed by atoms with Crippen molar-refractivity contribution in [1.29, 1.82) is 5.26 Å². The molecular formula is C12H14F2N2O. The van der Waals surface area contributed by atoms with Gasteiger partial charge in [0.25, 0.3) is 0 Å². The predicted molar refractivity (Wildman–Crippen MR) is 60.4 cm³/mol. The number of nitrogens with one attached hydrogen (secondary N) is 1. The van der Waals surface area contributed by atoms with Crippen LogP contribution < -0.4 is 5.32 Å². The summed E-state index contributed by atoms with van der Waals surface area (Å²) >= 11 is 0. The Balaban J connectivity index is 2.73. The number of aliphatic hydroxyl groups excluding tert-OH is 1. The number of halogens is 2. The Morgan fingerprint density at radius 2 is 2.12 bits per heavy atom. The van der Waals surface area contributed by atoms with E-state index in [1.54, 1.807) is 6.07 Å². The lowest BCUT2D eigenvalue weighted by atomic mass is 10.1. The van der Waals surface area contributed by atoms with Crippen LogP contribution in [-0.2, 0) is 0 Å². The van der Waals surface area contributed by atoms with Gasteiger partial charge in [0.05, 0.1) is 11.3 Å². The molecule has 0 saturated heterocycles. The number of nitriles is 1. The Kier molecular flexibility index (Phi) is 4.85. The minimum atomic E-state index is -1.13. The number of hydrogen-bond acceptors (Lipinski definition) is 3. The second-order valence-corrected chi connectivity index (χ2v) is 3.90. The van der Waals surface area contributed by atoms with E-state index in [9.17, 15) is 8.78 Å². The molecule has 0 aliphatic rings. The first-order valence-corrected chi connectivity index (χ1v) is 5.33. The molecule has 1 aromatic carbocycles. The molecule has 0 spiro atoms. The van der Waals surface area contributed by atoms with E-state index < -0.39 is 11.6 Å². The van der Waals surface area contributed by atoms with Gasteiger partial charge in [-0.2, -0.15) is 5.26 Å². The summed E-state index contributed by atoms with van der Waals surface area (Å²) < 4.78 is 26.7. The van der Waals surface area contributed by atoms with Gasteiger partial charge in [-0.3, -0.25) is 0 Å². The Hall–Kier alpha value is -1.67. The van der Waals surface area contributed by atoms with Gasteiger partial charge in [0, 0.05) is 13.2 Å². The monoisotopic (exact) mass is 240 g/mol. The Labute approximate surface area is 98.7 Å². The van der Waals surface area contributed by atoms with Gasteiger partial charge in [-0.1, -0.05) is 6.92 Å². The molecule has 2 N–H and O–H groups in total. The Morgan fingerprint density at radius 1 is 1.41 bits per heavy atom. The fourth-order valence-corrected chi connectivity index (χ4v) is 1.38. The number of hydrogen-bond donors (Lipinski definition) is 2. The van der Waals surface area contributed by atoms with E-state index in [1.807, 2.05) is 6.92 Å². The van der Waals surface area contributed by atoms with Crippen LogP contribution in [0.5, 0.6) is 0 Å². The van der Waals surface area contributed by atoms with Gasteiger partial charge in [0.2, 0.25) is 0 Å². The Bertz CT molecular complexity index is 429. The van der Waals surface area contributed by atoms with Gasteiger partial charge in [0.1, 0.15) is 6.07 Å². The molecule has 1 rings (SSSR count). The van der Waals surface area contributed by atoms with E-state index in [-0.39, 0.29) is 23.8 Å². The third kappa shape index (κ3) is 3.40. The summed E-state index contributed by atoms with van der Waals surface area (Å²) in [4.78, 5) is 0. The minimum absolute atomic E-state index is 0.0336. The van der Waals surface area contributed by atoms with E-state index in [1.165, 1.54) is 12.1 Å². The summed E-state index contributed by atoms with van der Waals surface area (Å²) in [6, 6.07) is 4.14. The fraction of sp³-hybridized carbons (Fsp3) is 0.417. The van der Waals surface area contributed by atoms with Crippen molar-refractivity contribution in [2.75, 3.05) is 18.5 Å². The Morgan fingerprint density at radius 3 is 2.71 bits per heavy atom. The molecule has 1 atom stereocenters. The molecule has 5 heteroatoms. The van der Waals surface area contributed by atoms with E-state index in [4.69, 9.17) is 10.4 Å². The molecule has 0 saturated carbocycles. The van der Waals surface area contributed by atoms with Crippen molar-refractivity contribution < 1.29 is 13.9 Å². The van der Waals surface area contributed by atoms with E-state index in [2.05, 4.69) is 5.32 Å². The van der Waals surface area contributed by atoms with Crippen LogP contribution in [0, 0.1) is 28.9 Å². The summed E-state index contributed by atoms with van der Waals surface area (Å²) in [5, 5.41) is 20.0. The van der Waals surface area contributed by atoms with Crippen LogP contribution in [0.1, 0.15) is 18.9 Å². The van der Waals surface area contributed by atoms with E-state index in [0.717, 1.165) is 0 Å². The van der Waals surface area contributed by atoms with Crippen molar-refractivity contribution >= 4 is 5.69 Å². The van der Waals surface area contributed by atoms with Gasteiger partial charge < -0.3 is 10.4 Å². The highest BCUT2D eigenvalue weighted by molar-refractivity contribution is 5.49. The van der Waals surface area contributed by atoms with Crippen LogP contribution in [0.3, 0.4) is 0 Å². The average molecular weight is 240 g/mol. The summed E-state index contributed by atoms with van der Waals surface area (Å²) in [6.07, 6.45) is 0.591. The zero-order chi connectivity index (χ0) is 12.8. The molecule has 0 bridgehead atoms. The molecule has 0 radical (unpaired) electrons. The van der Waals surface area contributed by atoms with Crippen molar-refractivity contribution in [3.05, 3.63) is 29.3 Å². The number of rotatable bonds is 5. The molecule has 17 heavy (non-hydrogen) atoms. The van der Waals surface area contributed by atoms with Crippen LogP contribution in [0.4, 0.5) is 14.5 Å². The largest absolute Gasteiger partial charge is 0.396 e. The number of benzene rings is 1. The fourth-order valence-electron chi connectivity index (χ4n) is 1.38. The summed E-state index contributed by atoms with van der Waals surface area (Å²) in [5.41, 5.74) is -0.275. The summed E-state index contributed by atoms with van der Waals surface area (Å²) in [5.74, 6) is -2.02. The summed E-state index contributed by atoms with van der Waals surface area (Å²) in [7, 11) is 0. The second kappa shape index (κ2) is 6.16. The molecule has 1 unspecified atom stereocenters. The highest BCUT2D eigenvalue weighted by Crippen LogP contribution is 2.20. The minimum Gasteiger partial charge on any atom is -0.396 e. The van der Waals surface area contributed by atoms with E-state index >= 15 is 0 Å².